The summed E-state index contributed by atoms with van der Waals surface area (Å²) in [6.07, 6.45) is 5.17. The van der Waals surface area contributed by atoms with Gasteiger partial charge in [0.25, 0.3) is 5.91 Å². The molecule has 0 bridgehead atoms. The second-order valence-corrected chi connectivity index (χ2v) is 3.48. The van der Waals surface area contributed by atoms with Gasteiger partial charge in [0, 0.05) is 5.56 Å². The number of hydrogen-bond donors (Lipinski definition) is 0. The summed E-state index contributed by atoms with van der Waals surface area (Å²) < 4.78 is 5.29. The molecule has 0 aliphatic carbocycles. The first-order chi connectivity index (χ1) is 8.72. The van der Waals surface area contributed by atoms with E-state index in [4.69, 9.17) is 16.4 Å². The molecular weight excluding hydrogens is 228 g/mol. The Bertz CT molecular complexity index is 464. The average Bonchev–Trinajstić information content (AvgIpc) is 2.39. The van der Waals surface area contributed by atoms with Crippen LogP contribution in [-0.2, 0) is 0 Å². The number of carbonyl (C=O) groups excluding carboxylic acids is 1. The van der Waals surface area contributed by atoms with Crippen molar-refractivity contribution in [3.63, 3.8) is 0 Å². The van der Waals surface area contributed by atoms with E-state index in [0.717, 1.165) is 0 Å². The smallest absolute Gasteiger partial charge is 0.255 e. The van der Waals surface area contributed by atoms with Crippen LogP contribution >= 0.6 is 0 Å². The van der Waals surface area contributed by atoms with E-state index in [1.807, 2.05) is 13.0 Å². The van der Waals surface area contributed by atoms with Crippen molar-refractivity contribution in [1.29, 1.82) is 5.26 Å². The lowest BCUT2D eigenvalue weighted by Gasteiger charge is -2.16. The molecule has 0 saturated heterocycles. The molecule has 0 aliphatic heterocycles. The number of benzene rings is 1. The molecule has 0 saturated carbocycles. The van der Waals surface area contributed by atoms with Crippen molar-refractivity contribution in [3.05, 3.63) is 29.8 Å². The largest absolute Gasteiger partial charge is 0.494 e. The molecular formula is C14H14N2O2. The van der Waals surface area contributed by atoms with Gasteiger partial charge in [0.2, 0.25) is 0 Å². The van der Waals surface area contributed by atoms with Gasteiger partial charge in [-0.25, -0.2) is 0 Å². The van der Waals surface area contributed by atoms with Crippen LogP contribution in [0.2, 0.25) is 0 Å². The molecule has 1 aromatic carbocycles. The second kappa shape index (κ2) is 6.98. The van der Waals surface area contributed by atoms with Gasteiger partial charge in [0.15, 0.2) is 0 Å². The number of nitrogens with zero attached hydrogens (tertiary/aromatic N) is 2. The van der Waals surface area contributed by atoms with E-state index < -0.39 is 0 Å². The van der Waals surface area contributed by atoms with Crippen molar-refractivity contribution in [3.8, 4) is 24.2 Å². The van der Waals surface area contributed by atoms with Crippen LogP contribution in [0.5, 0.6) is 5.75 Å². The van der Waals surface area contributed by atoms with Crippen LogP contribution < -0.4 is 4.74 Å². The van der Waals surface area contributed by atoms with Gasteiger partial charge in [-0.2, -0.15) is 5.26 Å². The monoisotopic (exact) mass is 242 g/mol. The van der Waals surface area contributed by atoms with Crippen LogP contribution in [0.15, 0.2) is 24.3 Å². The maximum Gasteiger partial charge on any atom is 0.255 e. The predicted molar refractivity (Wildman–Crippen MR) is 68.0 cm³/mol. The van der Waals surface area contributed by atoms with Crippen LogP contribution in [0.4, 0.5) is 0 Å². The van der Waals surface area contributed by atoms with Gasteiger partial charge in [-0.3, -0.25) is 4.79 Å². The Morgan fingerprint density at radius 1 is 1.39 bits per heavy atom. The molecule has 0 heterocycles. The fourth-order valence-electron chi connectivity index (χ4n) is 1.44. The predicted octanol–water partition coefficient (Wildman–Crippen LogP) is 1.68. The number of amides is 1. The Labute approximate surface area is 107 Å². The van der Waals surface area contributed by atoms with Gasteiger partial charge in [-0.15, -0.1) is 6.42 Å². The zero-order valence-electron chi connectivity index (χ0n) is 10.2. The Kier molecular flexibility index (Phi) is 5.28. The molecule has 0 fully saturated rings. The average molecular weight is 242 g/mol. The number of nitriles is 1. The van der Waals surface area contributed by atoms with E-state index in [1.54, 1.807) is 24.3 Å². The highest BCUT2D eigenvalue weighted by molar-refractivity contribution is 5.94. The van der Waals surface area contributed by atoms with Gasteiger partial charge >= 0.3 is 0 Å². The van der Waals surface area contributed by atoms with Crippen molar-refractivity contribution < 1.29 is 9.53 Å². The molecule has 0 atom stereocenters. The van der Waals surface area contributed by atoms with Gasteiger partial charge in [-0.05, 0) is 31.2 Å². The van der Waals surface area contributed by atoms with E-state index >= 15 is 0 Å². The van der Waals surface area contributed by atoms with Gasteiger partial charge in [0.1, 0.15) is 12.3 Å². The van der Waals surface area contributed by atoms with Crippen LogP contribution in [0, 0.1) is 23.7 Å². The first kappa shape index (κ1) is 13.6. The zero-order chi connectivity index (χ0) is 13.4. The maximum atomic E-state index is 12.0. The van der Waals surface area contributed by atoms with E-state index in [2.05, 4.69) is 5.92 Å². The third kappa shape index (κ3) is 3.54. The molecule has 0 unspecified atom stereocenters. The lowest BCUT2D eigenvalue weighted by atomic mass is 10.2. The minimum Gasteiger partial charge on any atom is -0.494 e. The van der Waals surface area contributed by atoms with Gasteiger partial charge in [-0.1, -0.05) is 5.92 Å². The Balaban J connectivity index is 2.82. The molecule has 92 valence electrons. The number of rotatable bonds is 5. The van der Waals surface area contributed by atoms with Crippen molar-refractivity contribution in [2.75, 3.05) is 19.7 Å². The molecule has 18 heavy (non-hydrogen) atoms. The molecule has 0 N–H and O–H groups in total. The molecule has 1 aromatic rings. The molecule has 0 aliphatic rings. The Morgan fingerprint density at radius 2 is 2.06 bits per heavy atom. The lowest BCUT2D eigenvalue weighted by molar-refractivity contribution is 0.0795. The first-order valence-corrected chi connectivity index (χ1v) is 5.55. The first-order valence-electron chi connectivity index (χ1n) is 5.55. The minimum absolute atomic E-state index is 0.0176. The molecule has 0 spiro atoms. The third-order valence-corrected chi connectivity index (χ3v) is 2.24. The molecule has 0 radical (unpaired) electrons. The van der Waals surface area contributed by atoms with Gasteiger partial charge < -0.3 is 9.64 Å². The number of terminal acetylenes is 1. The summed E-state index contributed by atoms with van der Waals surface area (Å²) in [5, 5.41) is 8.64. The van der Waals surface area contributed by atoms with Gasteiger partial charge in [0.05, 0.1) is 19.2 Å². The van der Waals surface area contributed by atoms with Crippen LogP contribution in [0.3, 0.4) is 0 Å². The quantitative estimate of drug-likeness (QED) is 0.583. The third-order valence-electron chi connectivity index (χ3n) is 2.24. The highest BCUT2D eigenvalue weighted by Crippen LogP contribution is 2.13. The van der Waals surface area contributed by atoms with Crippen molar-refractivity contribution in [1.82, 2.24) is 4.90 Å². The summed E-state index contributed by atoms with van der Waals surface area (Å²) >= 11 is 0. The van der Waals surface area contributed by atoms with Crippen LogP contribution in [0.1, 0.15) is 17.3 Å². The van der Waals surface area contributed by atoms with Crippen molar-refractivity contribution >= 4 is 5.91 Å². The SMILES string of the molecule is C#CCN(CC#N)C(=O)c1ccc(OCC)cc1. The van der Waals surface area contributed by atoms with Crippen molar-refractivity contribution in [2.24, 2.45) is 0 Å². The molecule has 4 heteroatoms. The number of ether oxygens (including phenoxy) is 1. The maximum absolute atomic E-state index is 12.0. The zero-order valence-corrected chi connectivity index (χ0v) is 10.2. The normalized spacial score (nSPS) is 9.06. The van der Waals surface area contributed by atoms with E-state index in [9.17, 15) is 4.79 Å². The number of carbonyl (C=O) groups is 1. The second-order valence-electron chi connectivity index (χ2n) is 3.48. The van der Waals surface area contributed by atoms with Crippen LogP contribution in [-0.4, -0.2) is 30.5 Å². The Hall–Kier alpha value is -2.46. The van der Waals surface area contributed by atoms with E-state index in [0.29, 0.717) is 17.9 Å². The van der Waals surface area contributed by atoms with Crippen molar-refractivity contribution in [2.45, 2.75) is 6.92 Å². The summed E-state index contributed by atoms with van der Waals surface area (Å²) in [5.41, 5.74) is 0.490. The summed E-state index contributed by atoms with van der Waals surface area (Å²) in [7, 11) is 0. The summed E-state index contributed by atoms with van der Waals surface area (Å²) in [4.78, 5) is 13.3. The Morgan fingerprint density at radius 3 is 2.56 bits per heavy atom. The lowest BCUT2D eigenvalue weighted by Crippen LogP contribution is -2.31. The summed E-state index contributed by atoms with van der Waals surface area (Å²) in [6, 6.07) is 8.68. The highest BCUT2D eigenvalue weighted by Gasteiger charge is 2.14. The molecule has 4 nitrogen and oxygen atoms in total. The molecule has 1 rings (SSSR count). The van der Waals surface area contributed by atoms with E-state index in [-0.39, 0.29) is 19.0 Å². The molecule has 1 amide bonds. The van der Waals surface area contributed by atoms with Crippen LogP contribution in [0.25, 0.3) is 0 Å². The standard InChI is InChI=1S/C14H14N2O2/c1-3-10-16(11-9-15)14(17)12-5-7-13(8-6-12)18-4-2/h1,5-8H,4,10-11H2,2H3. The minimum atomic E-state index is -0.252. The molecule has 0 aromatic heterocycles. The highest BCUT2D eigenvalue weighted by atomic mass is 16.5. The number of hydrogen-bond acceptors (Lipinski definition) is 3. The van der Waals surface area contributed by atoms with E-state index in [1.165, 1.54) is 4.90 Å². The fraction of sp³-hybridized carbons (Fsp3) is 0.286. The fourth-order valence-corrected chi connectivity index (χ4v) is 1.44. The summed E-state index contributed by atoms with van der Waals surface area (Å²) in [6.45, 7) is 2.57. The summed E-state index contributed by atoms with van der Waals surface area (Å²) in [5.74, 6) is 2.82. The topological polar surface area (TPSA) is 53.3 Å².